The Morgan fingerprint density at radius 2 is 2.00 bits per heavy atom. The van der Waals surface area contributed by atoms with Crippen molar-refractivity contribution in [3.05, 3.63) is 12.2 Å². The van der Waals surface area contributed by atoms with Gasteiger partial charge >= 0.3 is 5.97 Å². The molecule has 4 rings (SSSR count). The Balaban J connectivity index is 1.50. The van der Waals surface area contributed by atoms with Gasteiger partial charge in [-0.3, -0.25) is 4.79 Å². The number of hydrogen-bond acceptors (Lipinski definition) is 3. The molecule has 0 heterocycles. The second kappa shape index (κ2) is 3.85. The molecule has 0 aromatic heterocycles. The third-order valence-corrected chi connectivity index (χ3v) is 5.98. The van der Waals surface area contributed by atoms with Gasteiger partial charge in [-0.15, -0.1) is 0 Å². The molecule has 3 saturated carbocycles. The fraction of sp³-hybridized carbons (Fsp3) is 0.812. The number of carbonyl (C=O) groups is 1. The fourth-order valence-electron chi connectivity index (χ4n) is 4.97. The Labute approximate surface area is 114 Å². The van der Waals surface area contributed by atoms with E-state index >= 15 is 0 Å². The van der Waals surface area contributed by atoms with Gasteiger partial charge in [0.15, 0.2) is 0 Å². The van der Waals surface area contributed by atoms with E-state index in [1.165, 1.54) is 39.2 Å². The number of ether oxygens (including phenoxy) is 2. The van der Waals surface area contributed by atoms with Crippen LogP contribution in [0.2, 0.25) is 0 Å². The summed E-state index contributed by atoms with van der Waals surface area (Å²) < 4.78 is 11.5. The standard InChI is InChI=1S/C16H22O3/c1-18-14(17)15-5-4-12(9-15)13(10-15)19-16-6-2-11(8-16)3-7-16/h4-5,11-13H,2-3,6-10H2,1H3. The van der Waals surface area contributed by atoms with Crippen molar-refractivity contribution in [3.8, 4) is 0 Å². The molecule has 0 spiro atoms. The summed E-state index contributed by atoms with van der Waals surface area (Å²) in [5.74, 6) is 1.25. The fourth-order valence-corrected chi connectivity index (χ4v) is 4.97. The molecular formula is C16H22O3. The van der Waals surface area contributed by atoms with Crippen molar-refractivity contribution in [2.24, 2.45) is 17.3 Å². The summed E-state index contributed by atoms with van der Waals surface area (Å²) in [4.78, 5) is 12.0. The van der Waals surface area contributed by atoms with Crippen LogP contribution in [-0.2, 0) is 14.3 Å². The first-order chi connectivity index (χ1) is 9.15. The zero-order valence-corrected chi connectivity index (χ0v) is 11.6. The van der Waals surface area contributed by atoms with Crippen molar-refractivity contribution in [2.75, 3.05) is 7.11 Å². The monoisotopic (exact) mass is 262 g/mol. The van der Waals surface area contributed by atoms with Crippen LogP contribution in [0.25, 0.3) is 0 Å². The number of rotatable bonds is 3. The first-order valence-corrected chi connectivity index (χ1v) is 7.60. The minimum absolute atomic E-state index is 0.0782. The van der Waals surface area contributed by atoms with Crippen molar-refractivity contribution >= 4 is 5.97 Å². The summed E-state index contributed by atoms with van der Waals surface area (Å²) in [6.45, 7) is 0. The van der Waals surface area contributed by atoms with Gasteiger partial charge in [0.25, 0.3) is 0 Å². The molecule has 3 nitrogen and oxygen atoms in total. The number of methoxy groups -OCH3 is 1. The zero-order chi connectivity index (χ0) is 13.1. The van der Waals surface area contributed by atoms with Gasteiger partial charge in [-0.25, -0.2) is 0 Å². The molecule has 0 saturated heterocycles. The maximum atomic E-state index is 12.0. The molecule has 3 unspecified atom stereocenters. The van der Waals surface area contributed by atoms with Crippen LogP contribution in [0.3, 0.4) is 0 Å². The average molecular weight is 262 g/mol. The van der Waals surface area contributed by atoms with Crippen molar-refractivity contribution in [3.63, 3.8) is 0 Å². The molecule has 3 heteroatoms. The minimum Gasteiger partial charge on any atom is -0.468 e. The van der Waals surface area contributed by atoms with Gasteiger partial charge in [-0.1, -0.05) is 12.2 Å². The van der Waals surface area contributed by atoms with Gasteiger partial charge in [0, 0.05) is 5.92 Å². The molecule has 4 aliphatic carbocycles. The second-order valence-electron chi connectivity index (χ2n) is 7.07. The van der Waals surface area contributed by atoms with Crippen LogP contribution in [-0.4, -0.2) is 24.8 Å². The van der Waals surface area contributed by atoms with E-state index in [9.17, 15) is 4.79 Å². The average Bonchev–Trinajstić information content (AvgIpc) is 3.16. The molecule has 4 aliphatic rings. The lowest BCUT2D eigenvalue weighted by Gasteiger charge is -2.34. The predicted octanol–water partition coefficient (Wildman–Crippen LogP) is 2.84. The van der Waals surface area contributed by atoms with E-state index in [0.29, 0.717) is 5.92 Å². The molecule has 0 aromatic rings. The SMILES string of the molecule is COC(=O)C12C=CC(C1)C(OC13CCC(CC1)C3)C2. The van der Waals surface area contributed by atoms with Gasteiger partial charge in [-0.2, -0.15) is 0 Å². The van der Waals surface area contributed by atoms with Crippen LogP contribution in [0.5, 0.6) is 0 Å². The molecular weight excluding hydrogens is 240 g/mol. The number of carbonyl (C=O) groups excluding carboxylic acids is 1. The van der Waals surface area contributed by atoms with E-state index in [1.807, 2.05) is 0 Å². The van der Waals surface area contributed by atoms with Gasteiger partial charge < -0.3 is 9.47 Å². The summed E-state index contributed by atoms with van der Waals surface area (Å²) in [5, 5.41) is 0. The van der Waals surface area contributed by atoms with Crippen molar-refractivity contribution in [2.45, 2.75) is 56.7 Å². The molecule has 19 heavy (non-hydrogen) atoms. The Hall–Kier alpha value is -0.830. The lowest BCUT2D eigenvalue weighted by molar-refractivity contribution is -0.151. The summed E-state index contributed by atoms with van der Waals surface area (Å²) in [5.41, 5.74) is -0.220. The highest BCUT2D eigenvalue weighted by Crippen LogP contribution is 2.56. The highest BCUT2D eigenvalue weighted by atomic mass is 16.5. The first-order valence-electron chi connectivity index (χ1n) is 7.60. The van der Waals surface area contributed by atoms with E-state index in [-0.39, 0.29) is 23.1 Å². The Bertz CT molecular complexity index is 433. The molecule has 0 radical (unpaired) electrons. The first kappa shape index (κ1) is 12.0. The Morgan fingerprint density at radius 3 is 2.63 bits per heavy atom. The van der Waals surface area contributed by atoms with E-state index < -0.39 is 0 Å². The highest BCUT2D eigenvalue weighted by Gasteiger charge is 2.56. The molecule has 3 fully saturated rings. The van der Waals surface area contributed by atoms with Gasteiger partial charge in [0.1, 0.15) is 0 Å². The van der Waals surface area contributed by atoms with Crippen LogP contribution < -0.4 is 0 Å². The zero-order valence-electron chi connectivity index (χ0n) is 11.6. The highest BCUT2D eigenvalue weighted by molar-refractivity contribution is 5.80. The van der Waals surface area contributed by atoms with Crippen LogP contribution in [0.1, 0.15) is 44.9 Å². The lowest BCUT2D eigenvalue weighted by atomic mass is 9.87. The van der Waals surface area contributed by atoms with Gasteiger partial charge in [0.2, 0.25) is 0 Å². The number of hydrogen-bond donors (Lipinski definition) is 0. The van der Waals surface area contributed by atoms with Crippen molar-refractivity contribution in [1.29, 1.82) is 0 Å². The van der Waals surface area contributed by atoms with Crippen molar-refractivity contribution < 1.29 is 14.3 Å². The summed E-state index contributed by atoms with van der Waals surface area (Å²) in [6, 6.07) is 0. The number of esters is 1. The van der Waals surface area contributed by atoms with Gasteiger partial charge in [-0.05, 0) is 50.9 Å². The smallest absolute Gasteiger partial charge is 0.315 e. The summed E-state index contributed by atoms with van der Waals surface area (Å²) in [6.07, 6.45) is 12.6. The normalized spacial score (nSPS) is 50.1. The maximum Gasteiger partial charge on any atom is 0.315 e. The van der Waals surface area contributed by atoms with E-state index in [2.05, 4.69) is 12.2 Å². The summed E-state index contributed by atoms with van der Waals surface area (Å²) in [7, 11) is 1.49. The van der Waals surface area contributed by atoms with Crippen LogP contribution in [0, 0.1) is 17.3 Å². The third-order valence-electron chi connectivity index (χ3n) is 5.98. The summed E-state index contributed by atoms with van der Waals surface area (Å²) >= 11 is 0. The lowest BCUT2D eigenvalue weighted by Crippen LogP contribution is -2.36. The molecule has 0 aliphatic heterocycles. The molecule has 104 valence electrons. The van der Waals surface area contributed by atoms with Gasteiger partial charge in [0.05, 0.1) is 24.2 Å². The molecule has 3 atom stereocenters. The topological polar surface area (TPSA) is 35.5 Å². The minimum atomic E-state index is -0.378. The van der Waals surface area contributed by atoms with E-state index in [1.54, 1.807) is 0 Å². The van der Waals surface area contributed by atoms with Crippen LogP contribution in [0.15, 0.2) is 12.2 Å². The molecule has 0 N–H and O–H groups in total. The Kier molecular flexibility index (Phi) is 2.42. The number of fused-ring (bicyclic) bond motifs is 4. The maximum absolute atomic E-state index is 12.0. The molecule has 0 amide bonds. The third kappa shape index (κ3) is 1.63. The Morgan fingerprint density at radius 1 is 1.21 bits per heavy atom. The quantitative estimate of drug-likeness (QED) is 0.579. The van der Waals surface area contributed by atoms with E-state index in [0.717, 1.165) is 18.8 Å². The van der Waals surface area contributed by atoms with Crippen LogP contribution in [0.4, 0.5) is 0 Å². The molecule has 4 bridgehead atoms. The van der Waals surface area contributed by atoms with E-state index in [4.69, 9.17) is 9.47 Å². The van der Waals surface area contributed by atoms with Crippen molar-refractivity contribution in [1.82, 2.24) is 0 Å². The largest absolute Gasteiger partial charge is 0.468 e. The molecule has 0 aromatic carbocycles. The predicted molar refractivity (Wildman–Crippen MR) is 70.5 cm³/mol. The van der Waals surface area contributed by atoms with Crippen LogP contribution >= 0.6 is 0 Å². The second-order valence-corrected chi connectivity index (χ2v) is 7.07.